The third-order valence-corrected chi connectivity index (χ3v) is 3.09. The van der Waals surface area contributed by atoms with Crippen LogP contribution in [-0.2, 0) is 19.4 Å². The maximum absolute atomic E-state index is 5.69. The van der Waals surface area contributed by atoms with E-state index < -0.39 is 0 Å². The van der Waals surface area contributed by atoms with Gasteiger partial charge in [-0.1, -0.05) is 6.07 Å². The molecule has 92 valence electrons. The van der Waals surface area contributed by atoms with E-state index in [1.807, 2.05) is 24.4 Å². The molecule has 0 amide bonds. The minimum absolute atomic E-state index is 0.386. The van der Waals surface area contributed by atoms with Gasteiger partial charge in [0.2, 0.25) is 0 Å². The van der Waals surface area contributed by atoms with E-state index in [9.17, 15) is 0 Å². The van der Waals surface area contributed by atoms with E-state index in [0.717, 1.165) is 24.4 Å². The van der Waals surface area contributed by atoms with Crippen LogP contribution in [0.25, 0.3) is 0 Å². The van der Waals surface area contributed by atoms with Crippen LogP contribution < -0.4 is 10.5 Å². The van der Waals surface area contributed by atoms with Crippen LogP contribution in [0.4, 0.5) is 5.69 Å². The van der Waals surface area contributed by atoms with Crippen molar-refractivity contribution in [3.63, 3.8) is 0 Å². The fourth-order valence-electron chi connectivity index (χ4n) is 2.18. The van der Waals surface area contributed by atoms with Crippen molar-refractivity contribution in [1.29, 1.82) is 0 Å². The Morgan fingerprint density at radius 2 is 2.22 bits per heavy atom. The fraction of sp³-hybridized carbons (Fsp3) is 0.286. The summed E-state index contributed by atoms with van der Waals surface area (Å²) in [6.45, 7) is 0.386. The van der Waals surface area contributed by atoms with Gasteiger partial charge in [-0.15, -0.1) is 0 Å². The molecule has 1 aromatic carbocycles. The molecule has 1 heterocycles. The Morgan fingerprint density at radius 1 is 1.28 bits per heavy atom. The molecule has 0 fully saturated rings. The molecule has 18 heavy (non-hydrogen) atoms. The standard InChI is InChI=1S/C14H15N3O/c15-11-4-2-5-12(7-11)18-9-14-16-8-10-3-1-6-13(10)17-14/h2,4-5,7-8H,1,3,6,9,15H2. The Balaban J connectivity index is 1.70. The van der Waals surface area contributed by atoms with Gasteiger partial charge in [0.1, 0.15) is 12.4 Å². The number of nitrogens with zero attached hydrogens (tertiary/aromatic N) is 2. The van der Waals surface area contributed by atoms with Crippen LogP contribution in [0.2, 0.25) is 0 Å². The van der Waals surface area contributed by atoms with Gasteiger partial charge in [-0.2, -0.15) is 0 Å². The number of nitrogen functional groups attached to an aromatic ring is 1. The third kappa shape index (κ3) is 2.27. The highest BCUT2D eigenvalue weighted by Crippen LogP contribution is 2.19. The van der Waals surface area contributed by atoms with Crippen molar-refractivity contribution in [3.05, 3.63) is 47.5 Å². The molecule has 2 aromatic rings. The molecule has 4 nitrogen and oxygen atoms in total. The molecule has 0 aliphatic heterocycles. The summed E-state index contributed by atoms with van der Waals surface area (Å²) in [5.74, 6) is 1.48. The van der Waals surface area contributed by atoms with Crippen molar-refractivity contribution in [2.75, 3.05) is 5.73 Å². The Labute approximate surface area is 106 Å². The minimum Gasteiger partial charge on any atom is -0.486 e. The zero-order chi connectivity index (χ0) is 12.4. The van der Waals surface area contributed by atoms with Gasteiger partial charge in [0.15, 0.2) is 5.82 Å². The third-order valence-electron chi connectivity index (χ3n) is 3.09. The number of aromatic nitrogens is 2. The van der Waals surface area contributed by atoms with E-state index in [0.29, 0.717) is 12.3 Å². The molecule has 2 N–H and O–H groups in total. The van der Waals surface area contributed by atoms with E-state index >= 15 is 0 Å². The van der Waals surface area contributed by atoms with Gasteiger partial charge >= 0.3 is 0 Å². The second-order valence-electron chi connectivity index (χ2n) is 4.47. The predicted octanol–water partition coefficient (Wildman–Crippen LogP) is 2.13. The average Bonchev–Trinajstić information content (AvgIpc) is 2.84. The number of ether oxygens (including phenoxy) is 1. The minimum atomic E-state index is 0.386. The number of hydrogen-bond acceptors (Lipinski definition) is 4. The lowest BCUT2D eigenvalue weighted by Gasteiger charge is -2.06. The number of aryl methyl sites for hydroxylation is 2. The van der Waals surface area contributed by atoms with E-state index in [1.54, 1.807) is 6.07 Å². The van der Waals surface area contributed by atoms with Gasteiger partial charge in [-0.05, 0) is 37.0 Å². The van der Waals surface area contributed by atoms with Crippen LogP contribution in [0.15, 0.2) is 30.5 Å². The van der Waals surface area contributed by atoms with Gasteiger partial charge in [-0.25, -0.2) is 9.97 Å². The lowest BCUT2D eigenvalue weighted by molar-refractivity contribution is 0.295. The smallest absolute Gasteiger partial charge is 0.166 e. The van der Waals surface area contributed by atoms with Gasteiger partial charge in [0, 0.05) is 23.6 Å². The van der Waals surface area contributed by atoms with Gasteiger partial charge in [0.05, 0.1) is 0 Å². The number of hydrogen-bond donors (Lipinski definition) is 1. The monoisotopic (exact) mass is 241 g/mol. The first-order chi connectivity index (χ1) is 8.81. The lowest BCUT2D eigenvalue weighted by Crippen LogP contribution is -2.04. The molecular formula is C14H15N3O. The van der Waals surface area contributed by atoms with E-state index in [4.69, 9.17) is 10.5 Å². The summed E-state index contributed by atoms with van der Waals surface area (Å²) in [7, 11) is 0. The molecule has 0 unspecified atom stereocenters. The van der Waals surface area contributed by atoms with Crippen molar-refractivity contribution in [2.24, 2.45) is 0 Å². The molecule has 0 spiro atoms. The SMILES string of the molecule is Nc1cccc(OCc2ncc3c(n2)CCC3)c1. The Morgan fingerprint density at radius 3 is 3.11 bits per heavy atom. The average molecular weight is 241 g/mol. The second kappa shape index (κ2) is 4.64. The normalized spacial score (nSPS) is 13.3. The summed E-state index contributed by atoms with van der Waals surface area (Å²) in [6, 6.07) is 7.38. The lowest BCUT2D eigenvalue weighted by atomic mass is 10.3. The number of benzene rings is 1. The first-order valence-corrected chi connectivity index (χ1v) is 6.13. The number of anilines is 1. The van der Waals surface area contributed by atoms with Crippen molar-refractivity contribution in [1.82, 2.24) is 9.97 Å². The molecule has 1 aliphatic rings. The zero-order valence-corrected chi connectivity index (χ0v) is 10.1. The quantitative estimate of drug-likeness (QED) is 0.836. The van der Waals surface area contributed by atoms with E-state index in [1.165, 1.54) is 17.7 Å². The van der Waals surface area contributed by atoms with Crippen molar-refractivity contribution in [2.45, 2.75) is 25.9 Å². The molecule has 0 atom stereocenters. The van der Waals surface area contributed by atoms with Crippen LogP contribution in [0.1, 0.15) is 23.5 Å². The highest BCUT2D eigenvalue weighted by atomic mass is 16.5. The molecule has 3 rings (SSSR count). The van der Waals surface area contributed by atoms with Crippen LogP contribution >= 0.6 is 0 Å². The molecule has 0 saturated heterocycles. The van der Waals surface area contributed by atoms with Crippen molar-refractivity contribution >= 4 is 5.69 Å². The maximum Gasteiger partial charge on any atom is 0.166 e. The summed E-state index contributed by atoms with van der Waals surface area (Å²) in [6.07, 6.45) is 5.27. The first kappa shape index (κ1) is 11.0. The van der Waals surface area contributed by atoms with Crippen LogP contribution in [0.5, 0.6) is 5.75 Å². The zero-order valence-electron chi connectivity index (χ0n) is 10.1. The summed E-state index contributed by atoms with van der Waals surface area (Å²) < 4.78 is 5.63. The number of rotatable bonds is 3. The number of fused-ring (bicyclic) bond motifs is 1. The largest absolute Gasteiger partial charge is 0.486 e. The van der Waals surface area contributed by atoms with Gasteiger partial charge < -0.3 is 10.5 Å². The highest BCUT2D eigenvalue weighted by Gasteiger charge is 2.13. The molecule has 1 aromatic heterocycles. The van der Waals surface area contributed by atoms with Crippen LogP contribution in [0.3, 0.4) is 0 Å². The second-order valence-corrected chi connectivity index (χ2v) is 4.47. The summed E-state index contributed by atoms with van der Waals surface area (Å²) in [4.78, 5) is 8.84. The molecule has 1 aliphatic carbocycles. The molecule has 4 heteroatoms. The molecular weight excluding hydrogens is 226 g/mol. The van der Waals surface area contributed by atoms with E-state index in [-0.39, 0.29) is 0 Å². The van der Waals surface area contributed by atoms with Crippen molar-refractivity contribution < 1.29 is 4.74 Å². The Bertz CT molecular complexity index is 569. The maximum atomic E-state index is 5.69. The topological polar surface area (TPSA) is 61.0 Å². The fourth-order valence-corrected chi connectivity index (χ4v) is 2.18. The Kier molecular flexibility index (Phi) is 2.84. The van der Waals surface area contributed by atoms with Crippen molar-refractivity contribution in [3.8, 4) is 5.75 Å². The summed E-state index contributed by atoms with van der Waals surface area (Å²) >= 11 is 0. The predicted molar refractivity (Wildman–Crippen MR) is 69.2 cm³/mol. The van der Waals surface area contributed by atoms with Crippen LogP contribution in [0, 0.1) is 0 Å². The van der Waals surface area contributed by atoms with Gasteiger partial charge in [0.25, 0.3) is 0 Å². The van der Waals surface area contributed by atoms with Crippen LogP contribution in [-0.4, -0.2) is 9.97 Å². The summed E-state index contributed by atoms with van der Waals surface area (Å²) in [5, 5.41) is 0. The van der Waals surface area contributed by atoms with E-state index in [2.05, 4.69) is 9.97 Å². The molecule has 0 bridgehead atoms. The number of nitrogens with two attached hydrogens (primary N) is 1. The van der Waals surface area contributed by atoms with Gasteiger partial charge in [-0.3, -0.25) is 0 Å². The highest BCUT2D eigenvalue weighted by molar-refractivity contribution is 5.43. The Hall–Kier alpha value is -2.10. The molecule has 0 radical (unpaired) electrons. The summed E-state index contributed by atoms with van der Waals surface area (Å²) in [5.41, 5.74) is 8.84. The molecule has 0 saturated carbocycles. The first-order valence-electron chi connectivity index (χ1n) is 6.13.